The van der Waals surface area contributed by atoms with Gasteiger partial charge in [0.15, 0.2) is 0 Å². The van der Waals surface area contributed by atoms with Crippen LogP contribution in [0.1, 0.15) is 0 Å². The second-order valence-electron chi connectivity index (χ2n) is 15.2. The first-order valence-corrected chi connectivity index (χ1v) is 20.3. The predicted molar refractivity (Wildman–Crippen MR) is 253 cm³/mol. The minimum absolute atomic E-state index is 1.09. The number of hydrogen-bond acceptors (Lipinski definition) is 1. The summed E-state index contributed by atoms with van der Waals surface area (Å²) >= 11 is 0. The van der Waals surface area contributed by atoms with Gasteiger partial charge in [-0.05, 0) is 119 Å². The molecule has 0 aromatic heterocycles. The van der Waals surface area contributed by atoms with Crippen LogP contribution in [-0.4, -0.2) is 0 Å². The van der Waals surface area contributed by atoms with Gasteiger partial charge in [-0.15, -0.1) is 0 Å². The van der Waals surface area contributed by atoms with Gasteiger partial charge in [-0.25, -0.2) is 0 Å². The Bertz CT molecular complexity index is 3310. The van der Waals surface area contributed by atoms with Crippen molar-refractivity contribution in [2.24, 2.45) is 0 Å². The molecule has 0 amide bonds. The molecule has 11 aromatic carbocycles. The molecule has 11 rings (SSSR count). The highest BCUT2D eigenvalue weighted by molar-refractivity contribution is 6.22. The Hall–Kier alpha value is -7.74. The van der Waals surface area contributed by atoms with E-state index in [0.717, 1.165) is 17.1 Å². The first-order chi connectivity index (χ1) is 29.3. The molecule has 0 unspecified atom stereocenters. The van der Waals surface area contributed by atoms with Crippen LogP contribution in [-0.2, 0) is 0 Å². The van der Waals surface area contributed by atoms with E-state index in [1.54, 1.807) is 0 Å². The molecule has 1 nitrogen and oxygen atoms in total. The van der Waals surface area contributed by atoms with E-state index in [4.69, 9.17) is 0 Å². The largest absolute Gasteiger partial charge is 0.310 e. The quantitative estimate of drug-likeness (QED) is 0.147. The molecule has 0 spiro atoms. The van der Waals surface area contributed by atoms with Crippen LogP contribution in [0.15, 0.2) is 237 Å². The molecular weight excluding hydrogens is 711 g/mol. The fourth-order valence-corrected chi connectivity index (χ4v) is 9.10. The maximum Gasteiger partial charge on any atom is 0.0546 e. The molecule has 0 saturated heterocycles. The molecule has 276 valence electrons. The topological polar surface area (TPSA) is 3.24 Å². The molecule has 0 atom stereocenters. The van der Waals surface area contributed by atoms with Crippen LogP contribution in [0.5, 0.6) is 0 Å². The second-order valence-corrected chi connectivity index (χ2v) is 15.2. The lowest BCUT2D eigenvalue weighted by Gasteiger charge is -2.28. The zero-order valence-corrected chi connectivity index (χ0v) is 32.5. The monoisotopic (exact) mass is 749 g/mol. The van der Waals surface area contributed by atoms with Gasteiger partial charge in [0.2, 0.25) is 0 Å². The second kappa shape index (κ2) is 14.6. The Morgan fingerprint density at radius 1 is 0.220 bits per heavy atom. The van der Waals surface area contributed by atoms with Crippen molar-refractivity contribution in [2.45, 2.75) is 0 Å². The molecule has 0 heterocycles. The van der Waals surface area contributed by atoms with Crippen molar-refractivity contribution in [3.63, 3.8) is 0 Å². The van der Waals surface area contributed by atoms with Gasteiger partial charge in [-0.1, -0.05) is 200 Å². The van der Waals surface area contributed by atoms with E-state index in [0.29, 0.717) is 0 Å². The lowest BCUT2D eigenvalue weighted by atomic mass is 9.85. The highest BCUT2D eigenvalue weighted by atomic mass is 15.1. The van der Waals surface area contributed by atoms with Crippen LogP contribution >= 0.6 is 0 Å². The highest BCUT2D eigenvalue weighted by Gasteiger charge is 2.21. The third-order valence-corrected chi connectivity index (χ3v) is 11.8. The minimum atomic E-state index is 1.09. The van der Waals surface area contributed by atoms with Crippen LogP contribution < -0.4 is 4.90 Å². The average Bonchev–Trinajstić information content (AvgIpc) is 3.32. The van der Waals surface area contributed by atoms with E-state index in [1.165, 1.54) is 87.6 Å². The predicted octanol–water partition coefficient (Wildman–Crippen LogP) is 16.4. The first kappa shape index (κ1) is 34.5. The van der Waals surface area contributed by atoms with Gasteiger partial charge in [0, 0.05) is 16.8 Å². The normalized spacial score (nSPS) is 11.4. The van der Waals surface area contributed by atoms with Crippen molar-refractivity contribution in [2.75, 3.05) is 4.90 Å². The fraction of sp³-hybridized carbons (Fsp3) is 0. The number of fused-ring (bicyclic) bond motifs is 6. The Kier molecular flexibility index (Phi) is 8.56. The smallest absolute Gasteiger partial charge is 0.0546 e. The molecule has 0 aliphatic carbocycles. The Balaban J connectivity index is 1.14. The summed E-state index contributed by atoms with van der Waals surface area (Å²) in [5.74, 6) is 0. The van der Waals surface area contributed by atoms with E-state index in [9.17, 15) is 0 Å². The summed E-state index contributed by atoms with van der Waals surface area (Å²) in [7, 11) is 0. The standard InChI is InChI=1S/C58H39N/c1-3-17-40(18-4-1)43-22-15-23-44(37-43)41-33-35-47(36-34-41)59(56-39-45-21-7-8-26-49(45)50-27-9-12-30-53(50)56)48-25-16-24-46(38-48)58-55-32-14-11-29-52(55)51-28-10-13-31-54(51)57(58)42-19-5-2-6-20-42/h1-39H. The third-order valence-electron chi connectivity index (χ3n) is 11.8. The van der Waals surface area contributed by atoms with Gasteiger partial charge in [-0.3, -0.25) is 0 Å². The van der Waals surface area contributed by atoms with Crippen molar-refractivity contribution in [1.82, 2.24) is 0 Å². The average molecular weight is 750 g/mol. The number of benzene rings is 11. The van der Waals surface area contributed by atoms with Crippen molar-refractivity contribution in [3.8, 4) is 44.5 Å². The van der Waals surface area contributed by atoms with Crippen molar-refractivity contribution in [3.05, 3.63) is 237 Å². The van der Waals surface area contributed by atoms with E-state index in [1.807, 2.05) is 0 Å². The summed E-state index contributed by atoms with van der Waals surface area (Å²) in [6, 6.07) is 86.3. The number of rotatable bonds is 7. The van der Waals surface area contributed by atoms with Gasteiger partial charge in [0.25, 0.3) is 0 Å². The van der Waals surface area contributed by atoms with Crippen LogP contribution in [0, 0.1) is 0 Å². The summed E-state index contributed by atoms with van der Waals surface area (Å²) in [5.41, 5.74) is 13.0. The Morgan fingerprint density at radius 3 is 1.31 bits per heavy atom. The summed E-state index contributed by atoms with van der Waals surface area (Å²) in [4.78, 5) is 2.45. The summed E-state index contributed by atoms with van der Waals surface area (Å²) < 4.78 is 0. The fourth-order valence-electron chi connectivity index (χ4n) is 9.10. The lowest BCUT2D eigenvalue weighted by Crippen LogP contribution is -2.11. The van der Waals surface area contributed by atoms with Gasteiger partial charge in [0.05, 0.1) is 5.69 Å². The molecule has 1 heteroatoms. The molecule has 0 aliphatic rings. The van der Waals surface area contributed by atoms with E-state index in [2.05, 4.69) is 241 Å². The van der Waals surface area contributed by atoms with Gasteiger partial charge < -0.3 is 4.90 Å². The number of nitrogens with zero attached hydrogens (tertiary/aromatic N) is 1. The first-order valence-electron chi connectivity index (χ1n) is 20.3. The number of anilines is 3. The molecule has 59 heavy (non-hydrogen) atoms. The van der Waals surface area contributed by atoms with Gasteiger partial charge in [-0.2, -0.15) is 0 Å². The van der Waals surface area contributed by atoms with Crippen LogP contribution in [0.2, 0.25) is 0 Å². The minimum Gasteiger partial charge on any atom is -0.310 e. The maximum absolute atomic E-state index is 2.45. The lowest BCUT2D eigenvalue weighted by molar-refractivity contribution is 1.30. The SMILES string of the molecule is c1ccc(-c2cccc(-c3ccc(N(c4cccc(-c5c(-c6ccccc6)c6ccccc6c6ccccc56)c4)c4cc5ccccc5c5ccccc45)cc3)c2)cc1. The molecule has 0 aliphatic heterocycles. The van der Waals surface area contributed by atoms with E-state index in [-0.39, 0.29) is 0 Å². The van der Waals surface area contributed by atoms with E-state index < -0.39 is 0 Å². The molecule has 11 aromatic rings. The van der Waals surface area contributed by atoms with E-state index >= 15 is 0 Å². The zero-order valence-electron chi connectivity index (χ0n) is 32.5. The van der Waals surface area contributed by atoms with Gasteiger partial charge >= 0.3 is 0 Å². The Labute approximate surface area is 344 Å². The van der Waals surface area contributed by atoms with Crippen LogP contribution in [0.4, 0.5) is 17.1 Å². The molecule has 0 saturated carbocycles. The summed E-state index contributed by atoms with van der Waals surface area (Å²) in [6.07, 6.45) is 0. The molecule has 0 radical (unpaired) electrons. The van der Waals surface area contributed by atoms with Crippen molar-refractivity contribution >= 4 is 60.2 Å². The van der Waals surface area contributed by atoms with Crippen molar-refractivity contribution in [1.29, 1.82) is 0 Å². The highest BCUT2D eigenvalue weighted by Crippen LogP contribution is 2.47. The summed E-state index contributed by atoms with van der Waals surface area (Å²) in [5, 5.41) is 9.93. The molecule has 0 fully saturated rings. The molecule has 0 N–H and O–H groups in total. The Morgan fingerprint density at radius 2 is 0.661 bits per heavy atom. The van der Waals surface area contributed by atoms with Crippen LogP contribution in [0.25, 0.3) is 87.6 Å². The summed E-state index contributed by atoms with van der Waals surface area (Å²) in [6.45, 7) is 0. The number of hydrogen-bond donors (Lipinski definition) is 0. The van der Waals surface area contributed by atoms with Crippen LogP contribution in [0.3, 0.4) is 0 Å². The third kappa shape index (κ3) is 6.12. The molecule has 0 bridgehead atoms. The van der Waals surface area contributed by atoms with Gasteiger partial charge in [0.1, 0.15) is 0 Å². The zero-order chi connectivity index (χ0) is 39.1. The molecular formula is C58H39N. The van der Waals surface area contributed by atoms with Crippen molar-refractivity contribution < 1.29 is 0 Å². The maximum atomic E-state index is 2.45.